The molecule has 19 heavy (non-hydrogen) atoms. The van der Waals surface area contributed by atoms with Crippen LogP contribution in [-0.2, 0) is 9.59 Å². The Kier molecular flexibility index (Phi) is 3.48. The van der Waals surface area contributed by atoms with Crippen molar-refractivity contribution < 1.29 is 14.7 Å². The average Bonchev–Trinajstić information content (AvgIpc) is 3.00. The van der Waals surface area contributed by atoms with Gasteiger partial charge in [0, 0.05) is 6.04 Å². The SMILES string of the molecule is O=C(O)C1C2CCC(C2)C1NC(=O)[C@@H]1CCCCN1. The number of hydrogen-bond donors (Lipinski definition) is 3. The topological polar surface area (TPSA) is 78.4 Å². The van der Waals surface area contributed by atoms with Gasteiger partial charge in [-0.15, -0.1) is 0 Å². The lowest BCUT2D eigenvalue weighted by atomic mass is 9.84. The number of carbonyl (C=O) groups is 2. The van der Waals surface area contributed by atoms with E-state index >= 15 is 0 Å². The minimum absolute atomic E-state index is 0.00324. The van der Waals surface area contributed by atoms with Gasteiger partial charge in [0.2, 0.25) is 5.91 Å². The van der Waals surface area contributed by atoms with E-state index in [-0.39, 0.29) is 29.8 Å². The van der Waals surface area contributed by atoms with Crippen LogP contribution in [-0.4, -0.2) is 35.6 Å². The van der Waals surface area contributed by atoms with Crippen molar-refractivity contribution in [3.63, 3.8) is 0 Å². The number of hydrogen-bond acceptors (Lipinski definition) is 3. The fraction of sp³-hybridized carbons (Fsp3) is 0.857. The Balaban J connectivity index is 1.64. The van der Waals surface area contributed by atoms with E-state index in [2.05, 4.69) is 10.6 Å². The Hall–Kier alpha value is -1.10. The van der Waals surface area contributed by atoms with Gasteiger partial charge in [-0.1, -0.05) is 6.42 Å². The predicted molar refractivity (Wildman–Crippen MR) is 69.5 cm³/mol. The molecule has 2 saturated carbocycles. The van der Waals surface area contributed by atoms with Gasteiger partial charge in [-0.3, -0.25) is 9.59 Å². The molecule has 3 aliphatic rings. The van der Waals surface area contributed by atoms with Crippen molar-refractivity contribution in [2.24, 2.45) is 17.8 Å². The molecule has 5 heteroatoms. The van der Waals surface area contributed by atoms with E-state index in [1.807, 2.05) is 0 Å². The van der Waals surface area contributed by atoms with E-state index in [1.54, 1.807) is 0 Å². The zero-order chi connectivity index (χ0) is 13.4. The first kappa shape index (κ1) is 12.9. The quantitative estimate of drug-likeness (QED) is 0.704. The Labute approximate surface area is 113 Å². The number of rotatable bonds is 3. The maximum Gasteiger partial charge on any atom is 0.308 e. The summed E-state index contributed by atoms with van der Waals surface area (Å²) in [5.74, 6) is -0.463. The number of nitrogens with one attached hydrogen (secondary N) is 2. The lowest BCUT2D eigenvalue weighted by Crippen LogP contribution is -2.53. The van der Waals surface area contributed by atoms with Crippen molar-refractivity contribution >= 4 is 11.9 Å². The molecule has 3 N–H and O–H groups in total. The third kappa shape index (κ3) is 2.36. The largest absolute Gasteiger partial charge is 0.481 e. The van der Waals surface area contributed by atoms with Crippen LogP contribution in [0.15, 0.2) is 0 Å². The number of aliphatic carboxylic acids is 1. The molecule has 1 heterocycles. The molecular weight excluding hydrogens is 244 g/mol. The molecule has 5 atom stereocenters. The van der Waals surface area contributed by atoms with Crippen LogP contribution in [0.25, 0.3) is 0 Å². The van der Waals surface area contributed by atoms with Gasteiger partial charge < -0.3 is 15.7 Å². The molecule has 0 aromatic rings. The van der Waals surface area contributed by atoms with Crippen LogP contribution in [0.3, 0.4) is 0 Å². The Bertz CT molecular complexity index is 379. The first-order valence-electron chi connectivity index (χ1n) is 7.43. The first-order valence-corrected chi connectivity index (χ1v) is 7.43. The number of carboxylic acid groups (broad SMARTS) is 1. The second-order valence-corrected chi connectivity index (χ2v) is 6.23. The Morgan fingerprint density at radius 3 is 2.58 bits per heavy atom. The molecule has 0 aromatic heterocycles. The summed E-state index contributed by atoms with van der Waals surface area (Å²) < 4.78 is 0. The lowest BCUT2D eigenvalue weighted by molar-refractivity contribution is -0.144. The van der Waals surface area contributed by atoms with Crippen LogP contribution in [0.1, 0.15) is 38.5 Å². The van der Waals surface area contributed by atoms with Gasteiger partial charge in [-0.25, -0.2) is 0 Å². The maximum atomic E-state index is 12.2. The highest BCUT2D eigenvalue weighted by Gasteiger charge is 2.51. The van der Waals surface area contributed by atoms with Crippen molar-refractivity contribution in [1.29, 1.82) is 0 Å². The molecular formula is C14H22N2O3. The van der Waals surface area contributed by atoms with Crippen molar-refractivity contribution in [2.75, 3.05) is 6.54 Å². The molecule has 0 spiro atoms. The number of piperidine rings is 1. The highest BCUT2D eigenvalue weighted by Crippen LogP contribution is 2.48. The highest BCUT2D eigenvalue weighted by molar-refractivity contribution is 5.83. The Morgan fingerprint density at radius 1 is 1.11 bits per heavy atom. The Morgan fingerprint density at radius 2 is 1.89 bits per heavy atom. The van der Waals surface area contributed by atoms with Crippen LogP contribution >= 0.6 is 0 Å². The highest BCUT2D eigenvalue weighted by atomic mass is 16.4. The zero-order valence-corrected chi connectivity index (χ0v) is 11.1. The van der Waals surface area contributed by atoms with Crippen molar-refractivity contribution in [2.45, 2.75) is 50.6 Å². The molecule has 2 aliphatic carbocycles. The molecule has 0 aromatic carbocycles. The summed E-state index contributed by atoms with van der Waals surface area (Å²) in [5.41, 5.74) is 0. The second-order valence-electron chi connectivity index (χ2n) is 6.23. The summed E-state index contributed by atoms with van der Waals surface area (Å²) in [6.07, 6.45) is 6.11. The summed E-state index contributed by atoms with van der Waals surface area (Å²) >= 11 is 0. The van der Waals surface area contributed by atoms with Gasteiger partial charge in [-0.2, -0.15) is 0 Å². The fourth-order valence-electron chi connectivity index (χ4n) is 4.19. The van der Waals surface area contributed by atoms with Gasteiger partial charge in [-0.05, 0) is 50.5 Å². The summed E-state index contributed by atoms with van der Waals surface area (Å²) in [5, 5.41) is 15.6. The van der Waals surface area contributed by atoms with E-state index < -0.39 is 5.97 Å². The maximum absolute atomic E-state index is 12.2. The zero-order valence-electron chi connectivity index (χ0n) is 11.1. The molecule has 3 rings (SSSR count). The van der Waals surface area contributed by atoms with Gasteiger partial charge in [0.1, 0.15) is 0 Å². The smallest absolute Gasteiger partial charge is 0.308 e. The van der Waals surface area contributed by atoms with Crippen molar-refractivity contribution in [1.82, 2.24) is 10.6 Å². The van der Waals surface area contributed by atoms with E-state index in [0.717, 1.165) is 45.1 Å². The van der Waals surface area contributed by atoms with Gasteiger partial charge in [0.15, 0.2) is 0 Å². The number of carbonyl (C=O) groups excluding carboxylic acids is 1. The fourth-order valence-corrected chi connectivity index (χ4v) is 4.19. The number of amides is 1. The van der Waals surface area contributed by atoms with Crippen LogP contribution in [0, 0.1) is 17.8 Å². The predicted octanol–water partition coefficient (Wildman–Crippen LogP) is 0.744. The van der Waals surface area contributed by atoms with Crippen LogP contribution in [0.5, 0.6) is 0 Å². The molecule has 3 fully saturated rings. The average molecular weight is 266 g/mol. The first-order chi connectivity index (χ1) is 9.16. The second kappa shape index (κ2) is 5.12. The van der Waals surface area contributed by atoms with Crippen molar-refractivity contribution in [3.8, 4) is 0 Å². The molecule has 4 unspecified atom stereocenters. The molecule has 1 amide bonds. The molecule has 0 radical (unpaired) electrons. The standard InChI is InChI=1S/C14H22N2O3/c17-13(10-3-1-2-6-15-10)16-12-9-5-4-8(7-9)11(12)14(18)19/h8-12,15H,1-7H2,(H,16,17)(H,18,19)/t8?,9?,10-,11?,12?/m0/s1. The number of carboxylic acids is 1. The summed E-state index contributed by atoms with van der Waals surface area (Å²) in [7, 11) is 0. The van der Waals surface area contributed by atoms with Crippen LogP contribution in [0.2, 0.25) is 0 Å². The van der Waals surface area contributed by atoms with Crippen molar-refractivity contribution in [3.05, 3.63) is 0 Å². The molecule has 1 aliphatic heterocycles. The van der Waals surface area contributed by atoms with E-state index in [9.17, 15) is 14.7 Å². The summed E-state index contributed by atoms with van der Waals surface area (Å²) in [4.78, 5) is 23.6. The third-order valence-electron chi connectivity index (χ3n) is 5.14. The summed E-state index contributed by atoms with van der Waals surface area (Å²) in [6, 6.07) is -0.269. The van der Waals surface area contributed by atoms with Crippen LogP contribution in [0.4, 0.5) is 0 Å². The molecule has 2 bridgehead atoms. The number of fused-ring (bicyclic) bond motifs is 2. The van der Waals surface area contributed by atoms with Gasteiger partial charge >= 0.3 is 5.97 Å². The monoisotopic (exact) mass is 266 g/mol. The minimum atomic E-state index is -0.742. The summed E-state index contributed by atoms with van der Waals surface area (Å²) in [6.45, 7) is 0.886. The minimum Gasteiger partial charge on any atom is -0.481 e. The van der Waals surface area contributed by atoms with E-state index in [0.29, 0.717) is 5.92 Å². The van der Waals surface area contributed by atoms with E-state index in [4.69, 9.17) is 0 Å². The third-order valence-corrected chi connectivity index (χ3v) is 5.14. The van der Waals surface area contributed by atoms with Gasteiger partial charge in [0.05, 0.1) is 12.0 Å². The molecule has 1 saturated heterocycles. The molecule has 5 nitrogen and oxygen atoms in total. The normalized spacial score (nSPS) is 41.2. The lowest BCUT2D eigenvalue weighted by Gasteiger charge is -2.31. The van der Waals surface area contributed by atoms with Gasteiger partial charge in [0.25, 0.3) is 0 Å². The molecule has 106 valence electrons. The van der Waals surface area contributed by atoms with Crippen LogP contribution < -0.4 is 10.6 Å². The van der Waals surface area contributed by atoms with E-state index in [1.165, 1.54) is 0 Å².